The van der Waals surface area contributed by atoms with Crippen molar-refractivity contribution in [2.24, 2.45) is 0 Å². The summed E-state index contributed by atoms with van der Waals surface area (Å²) in [7, 11) is 0. The molecule has 9 nitrogen and oxygen atoms in total. The van der Waals surface area contributed by atoms with Crippen LogP contribution in [0.3, 0.4) is 0 Å². The van der Waals surface area contributed by atoms with Crippen molar-refractivity contribution in [2.75, 3.05) is 13.2 Å². The number of hydrogen-bond donors (Lipinski definition) is 2. The number of ether oxygens (including phenoxy) is 2. The van der Waals surface area contributed by atoms with Gasteiger partial charge in [0.15, 0.2) is 0 Å². The van der Waals surface area contributed by atoms with Gasteiger partial charge in [-0.25, -0.2) is 9.59 Å². The van der Waals surface area contributed by atoms with E-state index in [0.717, 1.165) is 27.8 Å². The normalized spacial score (nSPS) is 16.5. The van der Waals surface area contributed by atoms with Gasteiger partial charge < -0.3 is 24.8 Å². The van der Waals surface area contributed by atoms with Crippen LogP contribution >= 0.6 is 0 Å². The van der Waals surface area contributed by atoms with E-state index in [9.17, 15) is 24.3 Å². The van der Waals surface area contributed by atoms with Crippen LogP contribution in [0.2, 0.25) is 0 Å². The van der Waals surface area contributed by atoms with Crippen molar-refractivity contribution in [1.82, 2.24) is 10.2 Å². The van der Waals surface area contributed by atoms with Crippen LogP contribution in [0.25, 0.3) is 11.1 Å². The molecule has 5 rings (SSSR count). The lowest BCUT2D eigenvalue weighted by atomic mass is 9.98. The number of alkyl carbamates (subject to hydrolysis) is 1. The molecule has 1 fully saturated rings. The number of carboxylic acids is 1. The maximum absolute atomic E-state index is 13.4. The number of amides is 2. The molecule has 1 saturated heterocycles. The summed E-state index contributed by atoms with van der Waals surface area (Å²) in [6.45, 7) is 0.255. The molecule has 1 aliphatic carbocycles. The highest BCUT2D eigenvalue weighted by molar-refractivity contribution is 5.92. The van der Waals surface area contributed by atoms with Gasteiger partial charge in [-0.3, -0.25) is 9.59 Å². The Morgan fingerprint density at radius 3 is 2.15 bits per heavy atom. The van der Waals surface area contributed by atoms with Gasteiger partial charge in [-0.15, -0.1) is 0 Å². The van der Waals surface area contributed by atoms with E-state index in [1.54, 1.807) is 12.1 Å². The van der Waals surface area contributed by atoms with Crippen molar-refractivity contribution in [3.63, 3.8) is 0 Å². The number of hydrogen-bond acceptors (Lipinski definition) is 6. The fourth-order valence-electron chi connectivity index (χ4n) is 5.43. The summed E-state index contributed by atoms with van der Waals surface area (Å²) in [5, 5.41) is 12.1. The number of nitrogens with one attached hydrogen (secondary N) is 1. The second kappa shape index (κ2) is 12.0. The van der Waals surface area contributed by atoms with Gasteiger partial charge in [0, 0.05) is 12.5 Å². The van der Waals surface area contributed by atoms with Crippen molar-refractivity contribution in [1.29, 1.82) is 0 Å². The molecule has 0 spiro atoms. The Labute approximate surface area is 231 Å². The first kappa shape index (κ1) is 26.9. The first-order chi connectivity index (χ1) is 19.4. The minimum atomic E-state index is -1.33. The number of rotatable bonds is 9. The maximum Gasteiger partial charge on any atom is 0.407 e. The SMILES string of the molecule is O=C(C[C@H](NC(=O)OCC1c2ccccc2-c2ccccc21)C(=O)N1CCCC1C(=O)O)OCc1ccccc1. The Kier molecular flexibility index (Phi) is 8.10. The Bertz CT molecular complexity index is 1360. The van der Waals surface area contributed by atoms with E-state index in [1.165, 1.54) is 4.90 Å². The summed E-state index contributed by atoms with van der Waals surface area (Å²) in [6.07, 6.45) is -0.517. The number of carbonyl (C=O) groups is 4. The molecule has 1 aliphatic heterocycles. The largest absolute Gasteiger partial charge is 0.480 e. The number of fused-ring (bicyclic) bond motifs is 3. The van der Waals surface area contributed by atoms with Crippen LogP contribution in [-0.4, -0.2) is 59.2 Å². The zero-order valence-corrected chi connectivity index (χ0v) is 21.8. The molecule has 0 radical (unpaired) electrons. The first-order valence-electron chi connectivity index (χ1n) is 13.3. The molecule has 2 atom stereocenters. The Morgan fingerprint density at radius 2 is 1.50 bits per heavy atom. The lowest BCUT2D eigenvalue weighted by Gasteiger charge is -2.27. The van der Waals surface area contributed by atoms with Crippen LogP contribution in [0.5, 0.6) is 0 Å². The molecule has 0 saturated carbocycles. The number of likely N-dealkylation sites (tertiary alicyclic amines) is 1. The minimum Gasteiger partial charge on any atom is -0.480 e. The lowest BCUT2D eigenvalue weighted by Crippen LogP contribution is -2.52. The zero-order valence-electron chi connectivity index (χ0n) is 21.8. The van der Waals surface area contributed by atoms with E-state index < -0.39 is 42.4 Å². The molecule has 0 aromatic heterocycles. The van der Waals surface area contributed by atoms with Crippen LogP contribution in [0.4, 0.5) is 4.79 Å². The van der Waals surface area contributed by atoms with Crippen LogP contribution in [0, 0.1) is 0 Å². The molecule has 1 heterocycles. The van der Waals surface area contributed by atoms with Crippen molar-refractivity contribution in [3.8, 4) is 11.1 Å². The minimum absolute atomic E-state index is 0.00694. The summed E-state index contributed by atoms with van der Waals surface area (Å²) < 4.78 is 10.9. The van der Waals surface area contributed by atoms with Gasteiger partial charge in [-0.1, -0.05) is 78.9 Å². The molecule has 1 unspecified atom stereocenters. The Hall–Kier alpha value is -4.66. The standard InChI is InChI=1S/C31H30N2O7/c34-28(39-18-20-9-2-1-3-10-20)17-26(29(35)33-16-8-15-27(33)30(36)37)32-31(38)40-19-25-23-13-6-4-11-21(23)22-12-5-7-14-24(22)25/h1-7,9-14,25-27H,8,15-19H2,(H,32,38)(H,36,37)/t26-,27?/m0/s1. The Morgan fingerprint density at radius 1 is 0.875 bits per heavy atom. The smallest absolute Gasteiger partial charge is 0.407 e. The molecule has 206 valence electrons. The summed E-state index contributed by atoms with van der Waals surface area (Å²) >= 11 is 0. The number of nitrogens with zero attached hydrogens (tertiary/aromatic N) is 1. The molecule has 40 heavy (non-hydrogen) atoms. The summed E-state index contributed by atoms with van der Waals surface area (Å²) in [5.41, 5.74) is 5.00. The molecule has 0 bridgehead atoms. The monoisotopic (exact) mass is 542 g/mol. The predicted octanol–water partition coefficient (Wildman–Crippen LogP) is 4.10. The van der Waals surface area contributed by atoms with Gasteiger partial charge in [-0.05, 0) is 40.7 Å². The number of carboxylic acid groups (broad SMARTS) is 1. The van der Waals surface area contributed by atoms with Gasteiger partial charge in [0.2, 0.25) is 5.91 Å². The second-order valence-electron chi connectivity index (χ2n) is 9.90. The maximum atomic E-state index is 13.4. The van der Waals surface area contributed by atoms with Crippen molar-refractivity contribution >= 4 is 23.9 Å². The van der Waals surface area contributed by atoms with Gasteiger partial charge >= 0.3 is 18.0 Å². The average Bonchev–Trinajstić information content (AvgIpc) is 3.59. The van der Waals surface area contributed by atoms with Crippen molar-refractivity contribution in [2.45, 2.75) is 43.9 Å². The Balaban J connectivity index is 1.27. The first-order valence-corrected chi connectivity index (χ1v) is 13.3. The van der Waals surface area contributed by atoms with E-state index in [1.807, 2.05) is 66.7 Å². The van der Waals surface area contributed by atoms with Crippen LogP contribution in [0.15, 0.2) is 78.9 Å². The fraction of sp³-hybridized carbons (Fsp3) is 0.290. The second-order valence-corrected chi connectivity index (χ2v) is 9.90. The summed E-state index contributed by atoms with van der Waals surface area (Å²) in [4.78, 5) is 51.9. The molecular weight excluding hydrogens is 512 g/mol. The molecular formula is C31H30N2O7. The van der Waals surface area contributed by atoms with Gasteiger partial charge in [-0.2, -0.15) is 0 Å². The van der Waals surface area contributed by atoms with Gasteiger partial charge in [0.25, 0.3) is 0 Å². The average molecular weight is 543 g/mol. The summed E-state index contributed by atoms with van der Waals surface area (Å²) in [5.74, 6) is -2.67. The van der Waals surface area contributed by atoms with Crippen molar-refractivity contribution in [3.05, 3.63) is 95.6 Å². The molecule has 2 N–H and O–H groups in total. The summed E-state index contributed by atoms with van der Waals surface area (Å²) in [6, 6.07) is 22.5. The third-order valence-electron chi connectivity index (χ3n) is 7.37. The van der Waals surface area contributed by atoms with E-state index in [4.69, 9.17) is 9.47 Å². The quantitative estimate of drug-likeness (QED) is 0.390. The van der Waals surface area contributed by atoms with Crippen LogP contribution < -0.4 is 5.32 Å². The molecule has 2 aliphatic rings. The highest BCUT2D eigenvalue weighted by Crippen LogP contribution is 2.44. The van der Waals surface area contributed by atoms with Crippen LogP contribution in [-0.2, 0) is 30.5 Å². The van der Waals surface area contributed by atoms with E-state index in [-0.39, 0.29) is 25.7 Å². The number of aliphatic carboxylic acids is 1. The van der Waals surface area contributed by atoms with Gasteiger partial charge in [0.05, 0.1) is 6.42 Å². The van der Waals surface area contributed by atoms with Gasteiger partial charge in [0.1, 0.15) is 25.3 Å². The highest BCUT2D eigenvalue weighted by atomic mass is 16.5. The predicted molar refractivity (Wildman–Crippen MR) is 145 cm³/mol. The molecule has 2 amide bonds. The number of carbonyl (C=O) groups excluding carboxylic acids is 3. The van der Waals surface area contributed by atoms with Crippen molar-refractivity contribution < 1.29 is 33.8 Å². The topological polar surface area (TPSA) is 122 Å². The number of esters is 1. The third-order valence-corrected chi connectivity index (χ3v) is 7.37. The highest BCUT2D eigenvalue weighted by Gasteiger charge is 2.39. The van der Waals surface area contributed by atoms with E-state index in [0.29, 0.717) is 12.8 Å². The zero-order chi connectivity index (χ0) is 28.1. The van der Waals surface area contributed by atoms with Crippen LogP contribution in [0.1, 0.15) is 41.9 Å². The molecule has 9 heteroatoms. The van der Waals surface area contributed by atoms with E-state index in [2.05, 4.69) is 5.32 Å². The fourth-order valence-corrected chi connectivity index (χ4v) is 5.43. The lowest BCUT2D eigenvalue weighted by molar-refractivity contribution is -0.151. The molecule has 3 aromatic carbocycles. The molecule has 3 aromatic rings. The third kappa shape index (κ3) is 5.83. The van der Waals surface area contributed by atoms with E-state index >= 15 is 0 Å². The number of benzene rings is 3.